The molecule has 8 unspecified atom stereocenters. The van der Waals surface area contributed by atoms with Gasteiger partial charge in [0, 0.05) is 32.0 Å². The number of hydrogen-bond donors (Lipinski definition) is 0. The van der Waals surface area contributed by atoms with Crippen LogP contribution in [0.4, 0.5) is 0 Å². The molecule has 262 valence electrons. The van der Waals surface area contributed by atoms with Crippen LogP contribution in [0.5, 0.6) is 0 Å². The van der Waals surface area contributed by atoms with Gasteiger partial charge in [0.1, 0.15) is 0 Å². The van der Waals surface area contributed by atoms with Crippen molar-refractivity contribution in [3.63, 3.8) is 0 Å². The molecule has 0 N–H and O–H groups in total. The Hall–Kier alpha value is -1.30. The Morgan fingerprint density at radius 3 is 2.37 bits per heavy atom. The van der Waals surface area contributed by atoms with Gasteiger partial charge in [-0.25, -0.2) is 0 Å². The molecule has 8 atom stereocenters. The number of rotatable bonds is 16. The molecule has 0 radical (unpaired) electrons. The number of hydrogen-bond acceptors (Lipinski definition) is 9. The van der Waals surface area contributed by atoms with Crippen molar-refractivity contribution in [2.75, 3.05) is 32.7 Å². The van der Waals surface area contributed by atoms with Gasteiger partial charge in [0.2, 0.25) is 0 Å². The van der Waals surface area contributed by atoms with Crippen LogP contribution in [0.15, 0.2) is 23.8 Å². The summed E-state index contributed by atoms with van der Waals surface area (Å²) in [7, 11) is -3.56. The van der Waals surface area contributed by atoms with Gasteiger partial charge in [-0.3, -0.25) is 8.98 Å². The third kappa shape index (κ3) is 11.1. The normalized spacial score (nSPS) is 32.3. The molecule has 2 saturated carbocycles. The highest BCUT2D eigenvalue weighted by Crippen LogP contribution is 2.51. The third-order valence-corrected chi connectivity index (χ3v) is 11.3. The van der Waals surface area contributed by atoms with E-state index in [1.807, 2.05) is 0 Å². The Morgan fingerprint density at radius 2 is 1.70 bits per heavy atom. The van der Waals surface area contributed by atoms with Crippen molar-refractivity contribution in [2.45, 2.75) is 134 Å². The first-order valence-corrected chi connectivity index (χ1v) is 20.0. The number of allylic oxidation sites excluding steroid dienone is 1. The summed E-state index contributed by atoms with van der Waals surface area (Å²) in [4.78, 5) is 11.2. The monoisotopic (exact) mass is 666 g/mol. The lowest BCUT2D eigenvalue weighted by Gasteiger charge is -2.33. The van der Waals surface area contributed by atoms with Gasteiger partial charge in [0.25, 0.3) is 10.1 Å². The van der Waals surface area contributed by atoms with Crippen molar-refractivity contribution in [2.24, 2.45) is 29.6 Å². The Morgan fingerprint density at radius 1 is 0.978 bits per heavy atom. The number of carbonyl (C=O) groups excluding carboxylic acids is 1. The van der Waals surface area contributed by atoms with Gasteiger partial charge in [-0.15, -0.1) is 0 Å². The lowest BCUT2D eigenvalue weighted by molar-refractivity contribution is -0.193. The summed E-state index contributed by atoms with van der Waals surface area (Å²) < 4.78 is 59.8. The van der Waals surface area contributed by atoms with Crippen molar-refractivity contribution < 1.29 is 41.1 Å². The molecule has 2 aliphatic heterocycles. The van der Waals surface area contributed by atoms with E-state index in [1.54, 1.807) is 0 Å². The average Bonchev–Trinajstić information content (AvgIpc) is 3.59. The van der Waals surface area contributed by atoms with Crippen molar-refractivity contribution in [1.29, 1.82) is 0 Å². The molecule has 46 heavy (non-hydrogen) atoms. The van der Waals surface area contributed by atoms with Crippen LogP contribution in [-0.2, 0) is 42.8 Å². The Kier molecular flexibility index (Phi) is 14.0. The first kappa shape index (κ1) is 36.0. The SMILES string of the molecule is CC(=O)OCCCCC(COS(C)(=O)=O)C1=CC2CC(OC3CCCCO3)C(C=CC(OC3CCCCO3)C3CCCCC3)C2C1. The minimum Gasteiger partial charge on any atom is -0.466 e. The van der Waals surface area contributed by atoms with E-state index < -0.39 is 10.1 Å². The number of ether oxygens (including phenoxy) is 5. The Labute approximate surface area is 277 Å². The molecule has 0 amide bonds. The lowest BCUT2D eigenvalue weighted by Crippen LogP contribution is -2.33. The van der Waals surface area contributed by atoms with E-state index in [1.165, 1.54) is 44.6 Å². The van der Waals surface area contributed by atoms with Gasteiger partial charge in [0.05, 0.1) is 31.7 Å². The van der Waals surface area contributed by atoms with E-state index in [0.29, 0.717) is 24.4 Å². The maximum absolute atomic E-state index is 11.9. The van der Waals surface area contributed by atoms with E-state index in [4.69, 9.17) is 27.9 Å². The topological polar surface area (TPSA) is 107 Å². The molecule has 0 spiro atoms. The highest BCUT2D eigenvalue weighted by Gasteiger charge is 2.47. The van der Waals surface area contributed by atoms with Gasteiger partial charge in [-0.1, -0.05) is 43.1 Å². The third-order valence-electron chi connectivity index (χ3n) is 10.7. The van der Waals surface area contributed by atoms with Crippen LogP contribution in [0.25, 0.3) is 0 Å². The summed E-state index contributed by atoms with van der Waals surface area (Å²) in [6.45, 7) is 3.48. The van der Waals surface area contributed by atoms with E-state index in [0.717, 1.165) is 90.1 Å². The van der Waals surface area contributed by atoms with Gasteiger partial charge >= 0.3 is 5.97 Å². The maximum Gasteiger partial charge on any atom is 0.302 e. The number of carbonyl (C=O) groups is 1. The summed E-state index contributed by atoms with van der Waals surface area (Å²) >= 11 is 0. The summed E-state index contributed by atoms with van der Waals surface area (Å²) in [5.74, 6) is 1.18. The molecule has 5 aliphatic rings. The second kappa shape index (κ2) is 17.9. The van der Waals surface area contributed by atoms with Gasteiger partial charge < -0.3 is 23.7 Å². The molecule has 0 aromatic heterocycles. The van der Waals surface area contributed by atoms with Gasteiger partial charge in [0.15, 0.2) is 12.6 Å². The average molecular weight is 667 g/mol. The fourth-order valence-electron chi connectivity index (χ4n) is 8.28. The van der Waals surface area contributed by atoms with E-state index >= 15 is 0 Å². The fraction of sp³-hybridized carbons (Fsp3) is 0.861. The highest BCUT2D eigenvalue weighted by molar-refractivity contribution is 7.85. The first-order chi connectivity index (χ1) is 22.2. The van der Waals surface area contributed by atoms with E-state index in [9.17, 15) is 13.2 Å². The molecule has 9 nitrogen and oxygen atoms in total. The second-order valence-corrected chi connectivity index (χ2v) is 15.9. The van der Waals surface area contributed by atoms with Crippen LogP contribution in [0.2, 0.25) is 0 Å². The molecule has 3 aliphatic carbocycles. The van der Waals surface area contributed by atoms with Crippen LogP contribution < -0.4 is 0 Å². The summed E-state index contributed by atoms with van der Waals surface area (Å²) in [5.41, 5.74) is 1.28. The quantitative estimate of drug-likeness (QED) is 0.0756. The van der Waals surface area contributed by atoms with Crippen molar-refractivity contribution >= 4 is 16.1 Å². The van der Waals surface area contributed by atoms with Crippen LogP contribution in [0.1, 0.15) is 110 Å². The molecular formula is C36H58O9S. The molecule has 0 aromatic carbocycles. The van der Waals surface area contributed by atoms with Crippen LogP contribution in [0.3, 0.4) is 0 Å². The number of fused-ring (bicyclic) bond motifs is 1. The van der Waals surface area contributed by atoms with Crippen LogP contribution >= 0.6 is 0 Å². The molecule has 4 fully saturated rings. The van der Waals surface area contributed by atoms with E-state index in [2.05, 4.69) is 18.2 Å². The minimum atomic E-state index is -3.56. The zero-order valence-corrected chi connectivity index (χ0v) is 29.0. The zero-order chi connectivity index (χ0) is 32.4. The van der Waals surface area contributed by atoms with Crippen molar-refractivity contribution in [1.82, 2.24) is 0 Å². The van der Waals surface area contributed by atoms with Gasteiger partial charge in [-0.05, 0) is 101 Å². The summed E-state index contributed by atoms with van der Waals surface area (Å²) in [6.07, 6.45) is 24.9. The summed E-state index contributed by atoms with van der Waals surface area (Å²) in [6, 6.07) is 0. The second-order valence-electron chi connectivity index (χ2n) is 14.3. The van der Waals surface area contributed by atoms with E-state index in [-0.39, 0.29) is 49.2 Å². The minimum absolute atomic E-state index is 0.00472. The highest BCUT2D eigenvalue weighted by atomic mass is 32.2. The largest absolute Gasteiger partial charge is 0.466 e. The smallest absolute Gasteiger partial charge is 0.302 e. The molecule has 2 heterocycles. The molecule has 10 heteroatoms. The molecular weight excluding hydrogens is 608 g/mol. The van der Waals surface area contributed by atoms with Crippen molar-refractivity contribution in [3.8, 4) is 0 Å². The molecule has 5 rings (SSSR count). The van der Waals surface area contributed by atoms with Crippen molar-refractivity contribution in [3.05, 3.63) is 23.8 Å². The molecule has 0 bridgehead atoms. The fourth-order valence-corrected chi connectivity index (χ4v) is 8.69. The predicted molar refractivity (Wildman–Crippen MR) is 175 cm³/mol. The van der Waals surface area contributed by atoms with Crippen LogP contribution in [0, 0.1) is 29.6 Å². The molecule has 2 saturated heterocycles. The predicted octanol–water partition coefficient (Wildman–Crippen LogP) is 6.85. The Bertz CT molecular complexity index is 1100. The molecule has 0 aromatic rings. The standard InChI is InChI=1S/C36H58O9S/c1-26(37)40-19-9-6-14-28(25-43-46(2,38)39)29-22-30-24-34(45-36-16-8-11-21-42-36)31(32(30)23-29)17-18-33(27-12-4-3-5-13-27)44-35-15-7-10-20-41-35/h17-18,22,27-28,30-36H,3-16,19-21,23-25H2,1-2H3. The number of esters is 1. The lowest BCUT2D eigenvalue weighted by atomic mass is 9.83. The first-order valence-electron chi connectivity index (χ1n) is 18.2. The van der Waals surface area contributed by atoms with Gasteiger partial charge in [-0.2, -0.15) is 8.42 Å². The van der Waals surface area contributed by atoms with Crippen LogP contribution in [-0.4, -0.2) is 71.9 Å². The maximum atomic E-state index is 11.9. The summed E-state index contributed by atoms with van der Waals surface area (Å²) in [5, 5.41) is 0. The Balaban J connectivity index is 1.31. The zero-order valence-electron chi connectivity index (χ0n) is 28.2. The number of unbranched alkanes of at least 4 members (excludes halogenated alkanes) is 1.